The summed E-state index contributed by atoms with van der Waals surface area (Å²) in [4.78, 5) is 24.2. The van der Waals surface area contributed by atoms with Gasteiger partial charge in [-0.15, -0.1) is 12.4 Å². The standard InChI is InChI=1S/C14H19N3O4.ClH/c1-11-10-16(8-7-15-11)14(18)6-9-21-13-5-3-2-4-12(13)17(19)20;/h2-5,11,15H,6-10H2,1H3;1H. The molecular weight excluding hydrogens is 310 g/mol. The van der Waals surface area contributed by atoms with Gasteiger partial charge < -0.3 is 15.0 Å². The molecule has 1 heterocycles. The van der Waals surface area contributed by atoms with Crippen molar-refractivity contribution >= 4 is 24.0 Å². The van der Waals surface area contributed by atoms with Crippen LogP contribution in [0.25, 0.3) is 0 Å². The summed E-state index contributed by atoms with van der Waals surface area (Å²) in [7, 11) is 0. The first kappa shape index (κ1) is 18.2. The van der Waals surface area contributed by atoms with Gasteiger partial charge in [-0.25, -0.2) is 0 Å². The van der Waals surface area contributed by atoms with Crippen LogP contribution < -0.4 is 10.1 Å². The van der Waals surface area contributed by atoms with E-state index in [1.54, 1.807) is 17.0 Å². The van der Waals surface area contributed by atoms with Crippen LogP contribution >= 0.6 is 12.4 Å². The first-order valence-electron chi connectivity index (χ1n) is 6.95. The molecule has 0 saturated carbocycles. The van der Waals surface area contributed by atoms with Gasteiger partial charge in [0.15, 0.2) is 5.75 Å². The molecule has 0 spiro atoms. The highest BCUT2D eigenvalue weighted by Crippen LogP contribution is 2.25. The Bertz CT molecular complexity index is 527. The van der Waals surface area contributed by atoms with Gasteiger partial charge in [0, 0.05) is 31.7 Å². The number of ether oxygens (including phenoxy) is 1. The van der Waals surface area contributed by atoms with Crippen LogP contribution in [0.5, 0.6) is 5.75 Å². The molecule has 0 aliphatic carbocycles. The lowest BCUT2D eigenvalue weighted by atomic mass is 10.2. The number of hydrogen-bond donors (Lipinski definition) is 1. The average molecular weight is 330 g/mol. The van der Waals surface area contributed by atoms with Crippen molar-refractivity contribution in [2.24, 2.45) is 0 Å². The molecule has 1 amide bonds. The lowest BCUT2D eigenvalue weighted by Gasteiger charge is -2.31. The van der Waals surface area contributed by atoms with Crippen LogP contribution in [0.1, 0.15) is 13.3 Å². The minimum atomic E-state index is -0.491. The number of carbonyl (C=O) groups excluding carboxylic acids is 1. The molecule has 1 aliphatic heterocycles. The molecular formula is C14H20ClN3O4. The van der Waals surface area contributed by atoms with Crippen molar-refractivity contribution in [3.05, 3.63) is 34.4 Å². The van der Waals surface area contributed by atoms with Crippen LogP contribution in [0, 0.1) is 10.1 Å². The third-order valence-corrected chi connectivity index (χ3v) is 3.36. The van der Waals surface area contributed by atoms with E-state index >= 15 is 0 Å². The second kappa shape index (κ2) is 8.55. The fourth-order valence-electron chi connectivity index (χ4n) is 2.30. The maximum Gasteiger partial charge on any atom is 0.310 e. The molecule has 1 atom stereocenters. The van der Waals surface area contributed by atoms with Gasteiger partial charge in [-0.1, -0.05) is 12.1 Å². The molecule has 1 fully saturated rings. The number of hydrogen-bond acceptors (Lipinski definition) is 5. The number of nitrogens with zero attached hydrogens (tertiary/aromatic N) is 2. The Balaban J connectivity index is 0.00000242. The van der Waals surface area contributed by atoms with Crippen LogP contribution in [0.4, 0.5) is 5.69 Å². The minimum absolute atomic E-state index is 0. The topological polar surface area (TPSA) is 84.7 Å². The van der Waals surface area contributed by atoms with E-state index in [4.69, 9.17) is 4.74 Å². The summed E-state index contributed by atoms with van der Waals surface area (Å²) in [6, 6.07) is 6.46. The molecule has 22 heavy (non-hydrogen) atoms. The van der Waals surface area contributed by atoms with Crippen LogP contribution in [0.3, 0.4) is 0 Å². The first-order valence-corrected chi connectivity index (χ1v) is 6.95. The summed E-state index contributed by atoms with van der Waals surface area (Å²) in [5.74, 6) is 0.214. The van der Waals surface area contributed by atoms with Crippen molar-refractivity contribution < 1.29 is 14.5 Å². The Morgan fingerprint density at radius 2 is 2.23 bits per heavy atom. The normalized spacial score (nSPS) is 17.5. The molecule has 0 bridgehead atoms. The van der Waals surface area contributed by atoms with E-state index in [2.05, 4.69) is 5.32 Å². The van der Waals surface area contributed by atoms with Crippen molar-refractivity contribution in [2.75, 3.05) is 26.2 Å². The molecule has 0 aromatic heterocycles. The van der Waals surface area contributed by atoms with E-state index < -0.39 is 4.92 Å². The number of halogens is 1. The molecule has 1 aliphatic rings. The van der Waals surface area contributed by atoms with Gasteiger partial charge in [0.1, 0.15) is 0 Å². The number of rotatable bonds is 5. The number of benzene rings is 1. The fourth-order valence-corrected chi connectivity index (χ4v) is 2.30. The second-order valence-electron chi connectivity index (χ2n) is 5.02. The van der Waals surface area contributed by atoms with Gasteiger partial charge in [-0.05, 0) is 13.0 Å². The number of amides is 1. The lowest BCUT2D eigenvalue weighted by Crippen LogP contribution is -2.51. The number of carbonyl (C=O) groups is 1. The van der Waals surface area contributed by atoms with E-state index in [0.29, 0.717) is 19.1 Å². The number of piperazine rings is 1. The van der Waals surface area contributed by atoms with Gasteiger partial charge in [0.05, 0.1) is 18.0 Å². The molecule has 2 rings (SSSR count). The van der Waals surface area contributed by atoms with Gasteiger partial charge in [0.25, 0.3) is 0 Å². The zero-order valence-electron chi connectivity index (χ0n) is 12.4. The van der Waals surface area contributed by atoms with Crippen molar-refractivity contribution in [1.82, 2.24) is 10.2 Å². The number of para-hydroxylation sites is 2. The smallest absolute Gasteiger partial charge is 0.310 e. The highest BCUT2D eigenvalue weighted by molar-refractivity contribution is 5.85. The highest BCUT2D eigenvalue weighted by Gasteiger charge is 2.20. The van der Waals surface area contributed by atoms with E-state index in [1.165, 1.54) is 12.1 Å². The zero-order valence-corrected chi connectivity index (χ0v) is 13.2. The molecule has 122 valence electrons. The lowest BCUT2D eigenvalue weighted by molar-refractivity contribution is -0.385. The van der Waals surface area contributed by atoms with Crippen LogP contribution in [0.2, 0.25) is 0 Å². The summed E-state index contributed by atoms with van der Waals surface area (Å²) in [6.07, 6.45) is 0.221. The number of nitro groups is 1. The third kappa shape index (κ3) is 4.85. The quantitative estimate of drug-likeness (QED) is 0.655. The van der Waals surface area contributed by atoms with Crippen molar-refractivity contribution in [1.29, 1.82) is 0 Å². The number of nitro benzene ring substituents is 1. The zero-order chi connectivity index (χ0) is 15.2. The van der Waals surface area contributed by atoms with E-state index in [9.17, 15) is 14.9 Å². The predicted octanol–water partition coefficient (Wildman–Crippen LogP) is 1.61. The second-order valence-corrected chi connectivity index (χ2v) is 5.02. The monoisotopic (exact) mass is 329 g/mol. The third-order valence-electron chi connectivity index (χ3n) is 3.36. The largest absolute Gasteiger partial charge is 0.486 e. The summed E-state index contributed by atoms with van der Waals surface area (Å²) in [5.41, 5.74) is -0.0826. The number of nitrogens with one attached hydrogen (secondary N) is 1. The first-order chi connectivity index (χ1) is 10.1. The van der Waals surface area contributed by atoms with Crippen LogP contribution in [-0.4, -0.2) is 48.0 Å². The summed E-state index contributed by atoms with van der Waals surface area (Å²) < 4.78 is 5.38. The maximum absolute atomic E-state index is 12.0. The van der Waals surface area contributed by atoms with E-state index in [1.807, 2.05) is 6.92 Å². The Morgan fingerprint density at radius 1 is 1.50 bits per heavy atom. The van der Waals surface area contributed by atoms with Gasteiger partial charge >= 0.3 is 5.69 Å². The van der Waals surface area contributed by atoms with Crippen molar-refractivity contribution in [2.45, 2.75) is 19.4 Å². The molecule has 7 nitrogen and oxygen atoms in total. The molecule has 1 aromatic carbocycles. The van der Waals surface area contributed by atoms with Gasteiger partial charge in [-0.3, -0.25) is 14.9 Å². The van der Waals surface area contributed by atoms with E-state index in [0.717, 1.165) is 6.54 Å². The Morgan fingerprint density at radius 3 is 2.91 bits per heavy atom. The van der Waals surface area contributed by atoms with E-state index in [-0.39, 0.29) is 42.8 Å². The Labute approximate surface area is 135 Å². The molecule has 8 heteroatoms. The van der Waals surface area contributed by atoms with Gasteiger partial charge in [0.2, 0.25) is 5.91 Å². The molecule has 1 aromatic rings. The Hall–Kier alpha value is -1.86. The summed E-state index contributed by atoms with van der Waals surface area (Å²) in [5, 5.41) is 14.1. The Kier molecular flexibility index (Phi) is 7.07. The predicted molar refractivity (Wildman–Crippen MR) is 84.5 cm³/mol. The maximum atomic E-state index is 12.0. The molecule has 1 unspecified atom stereocenters. The SMILES string of the molecule is CC1CN(C(=O)CCOc2ccccc2[N+](=O)[O-])CCN1.Cl. The summed E-state index contributed by atoms with van der Waals surface area (Å²) in [6.45, 7) is 4.34. The molecule has 1 N–H and O–H groups in total. The van der Waals surface area contributed by atoms with Gasteiger partial charge in [-0.2, -0.15) is 0 Å². The summed E-state index contributed by atoms with van der Waals surface area (Å²) >= 11 is 0. The average Bonchev–Trinajstić information content (AvgIpc) is 2.47. The van der Waals surface area contributed by atoms with Crippen molar-refractivity contribution in [3.63, 3.8) is 0 Å². The van der Waals surface area contributed by atoms with Crippen molar-refractivity contribution in [3.8, 4) is 5.75 Å². The fraction of sp³-hybridized carbons (Fsp3) is 0.500. The molecule has 0 radical (unpaired) electrons. The molecule has 1 saturated heterocycles. The van der Waals surface area contributed by atoms with Crippen LogP contribution in [0.15, 0.2) is 24.3 Å². The highest BCUT2D eigenvalue weighted by atomic mass is 35.5. The minimum Gasteiger partial charge on any atom is -0.486 e. The van der Waals surface area contributed by atoms with Crippen LogP contribution in [-0.2, 0) is 4.79 Å².